The minimum atomic E-state index is 0.0755. The summed E-state index contributed by atoms with van der Waals surface area (Å²) < 4.78 is 5.48. The molecule has 2 unspecified atom stereocenters. The third-order valence-corrected chi connectivity index (χ3v) is 5.78. The number of benzene rings is 1. The molecule has 1 aliphatic rings. The zero-order valence-electron chi connectivity index (χ0n) is 15.0. The highest BCUT2D eigenvalue weighted by atomic mass is 32.1. The number of nitrogens with zero attached hydrogens (tertiary/aromatic N) is 2. The predicted molar refractivity (Wildman–Crippen MR) is 101 cm³/mol. The lowest BCUT2D eigenvalue weighted by molar-refractivity contribution is 0.0623. The van der Waals surface area contributed by atoms with Crippen molar-refractivity contribution in [1.82, 2.24) is 9.88 Å². The molecule has 1 amide bonds. The van der Waals surface area contributed by atoms with Crippen molar-refractivity contribution < 1.29 is 9.53 Å². The average molecular weight is 359 g/mol. The Hall–Kier alpha value is -1.92. The Morgan fingerprint density at radius 1 is 1.40 bits per heavy atom. The molecule has 0 aliphatic carbocycles. The summed E-state index contributed by atoms with van der Waals surface area (Å²) >= 11 is 1.46. The van der Waals surface area contributed by atoms with Crippen molar-refractivity contribution in [3.63, 3.8) is 0 Å². The number of hydrogen-bond acceptors (Lipinski definition) is 5. The Balaban J connectivity index is 1.81. The number of carbonyl (C=O) groups excluding carboxylic acids is 1. The number of amides is 1. The summed E-state index contributed by atoms with van der Waals surface area (Å²) in [5.74, 6) is 0.917. The van der Waals surface area contributed by atoms with Crippen LogP contribution in [0.1, 0.15) is 42.1 Å². The highest BCUT2D eigenvalue weighted by Gasteiger charge is 2.30. The average Bonchev–Trinajstić information content (AvgIpc) is 2.97. The fourth-order valence-corrected chi connectivity index (χ4v) is 4.25. The third-order valence-electron chi connectivity index (χ3n) is 4.58. The van der Waals surface area contributed by atoms with Crippen molar-refractivity contribution in [1.29, 1.82) is 0 Å². The van der Waals surface area contributed by atoms with Gasteiger partial charge in [-0.05, 0) is 57.9 Å². The van der Waals surface area contributed by atoms with Crippen LogP contribution in [0.2, 0.25) is 0 Å². The minimum Gasteiger partial charge on any atom is -0.494 e. The van der Waals surface area contributed by atoms with Gasteiger partial charge in [0.15, 0.2) is 0 Å². The van der Waals surface area contributed by atoms with E-state index < -0.39 is 0 Å². The van der Waals surface area contributed by atoms with Crippen LogP contribution in [0, 0.1) is 6.92 Å². The first-order chi connectivity index (χ1) is 12.0. The molecule has 2 atom stereocenters. The number of hydrogen-bond donors (Lipinski definition) is 1. The van der Waals surface area contributed by atoms with Gasteiger partial charge in [-0.15, -0.1) is 11.3 Å². The van der Waals surface area contributed by atoms with E-state index >= 15 is 0 Å². The molecule has 5 nitrogen and oxygen atoms in total. The summed E-state index contributed by atoms with van der Waals surface area (Å²) in [5, 5.41) is 0.866. The molecule has 6 heteroatoms. The van der Waals surface area contributed by atoms with Gasteiger partial charge in [0.1, 0.15) is 15.6 Å². The van der Waals surface area contributed by atoms with E-state index in [1.165, 1.54) is 11.3 Å². The molecule has 2 aromatic rings. The van der Waals surface area contributed by atoms with Crippen molar-refractivity contribution >= 4 is 17.2 Å². The quantitative estimate of drug-likeness (QED) is 0.907. The van der Waals surface area contributed by atoms with Gasteiger partial charge < -0.3 is 15.4 Å². The Bertz CT molecular complexity index is 742. The second-order valence-electron chi connectivity index (χ2n) is 6.52. The summed E-state index contributed by atoms with van der Waals surface area (Å²) in [6, 6.07) is 8.21. The number of ether oxygens (including phenoxy) is 1. The molecule has 0 radical (unpaired) electrons. The Kier molecular flexibility index (Phi) is 5.39. The molecule has 0 saturated carbocycles. The number of thiazole rings is 1. The van der Waals surface area contributed by atoms with Gasteiger partial charge in [-0.2, -0.15) is 0 Å². The van der Waals surface area contributed by atoms with Gasteiger partial charge in [0.25, 0.3) is 5.91 Å². The van der Waals surface area contributed by atoms with Gasteiger partial charge in [-0.1, -0.05) is 0 Å². The zero-order valence-corrected chi connectivity index (χ0v) is 15.8. The number of aryl methyl sites for hydroxylation is 1. The number of piperidine rings is 1. The van der Waals surface area contributed by atoms with Crippen LogP contribution in [0.3, 0.4) is 0 Å². The van der Waals surface area contributed by atoms with E-state index in [-0.39, 0.29) is 18.0 Å². The molecule has 2 N–H and O–H groups in total. The van der Waals surface area contributed by atoms with Gasteiger partial charge >= 0.3 is 0 Å². The highest BCUT2D eigenvalue weighted by molar-refractivity contribution is 7.17. The summed E-state index contributed by atoms with van der Waals surface area (Å²) in [6.07, 6.45) is 1.72. The van der Waals surface area contributed by atoms with E-state index in [0.717, 1.165) is 46.3 Å². The first kappa shape index (κ1) is 17.9. The molecular formula is C19H25N3O2S. The summed E-state index contributed by atoms with van der Waals surface area (Å²) in [5.41, 5.74) is 7.81. The Morgan fingerprint density at radius 2 is 2.12 bits per heavy atom. The Morgan fingerprint density at radius 3 is 2.76 bits per heavy atom. The van der Waals surface area contributed by atoms with Crippen LogP contribution in [0.15, 0.2) is 24.3 Å². The maximum Gasteiger partial charge on any atom is 0.266 e. The van der Waals surface area contributed by atoms with Crippen LogP contribution in [0.4, 0.5) is 0 Å². The number of aromatic nitrogens is 1. The maximum atomic E-state index is 13.0. The predicted octanol–water partition coefficient (Wildman–Crippen LogP) is 3.47. The van der Waals surface area contributed by atoms with E-state index in [9.17, 15) is 4.79 Å². The fraction of sp³-hybridized carbons (Fsp3) is 0.474. The third kappa shape index (κ3) is 3.85. The second-order valence-corrected chi connectivity index (χ2v) is 7.52. The highest BCUT2D eigenvalue weighted by Crippen LogP contribution is 2.31. The van der Waals surface area contributed by atoms with E-state index in [1.807, 2.05) is 43.0 Å². The van der Waals surface area contributed by atoms with Crippen LogP contribution >= 0.6 is 11.3 Å². The minimum absolute atomic E-state index is 0.0755. The van der Waals surface area contributed by atoms with Gasteiger partial charge in [0, 0.05) is 24.2 Å². The molecule has 1 aliphatic heterocycles. The monoisotopic (exact) mass is 359 g/mol. The molecule has 0 spiro atoms. The number of likely N-dealkylation sites (tertiary alicyclic amines) is 1. The molecule has 134 valence electrons. The molecule has 25 heavy (non-hydrogen) atoms. The molecule has 1 aromatic carbocycles. The zero-order chi connectivity index (χ0) is 18.0. The van der Waals surface area contributed by atoms with Crippen molar-refractivity contribution in [2.75, 3.05) is 13.2 Å². The molecule has 0 bridgehead atoms. The molecule has 1 aromatic heterocycles. The van der Waals surface area contributed by atoms with E-state index in [2.05, 4.69) is 11.9 Å². The Labute approximate surface area is 152 Å². The summed E-state index contributed by atoms with van der Waals surface area (Å²) in [7, 11) is 0. The summed E-state index contributed by atoms with van der Waals surface area (Å²) in [6.45, 7) is 7.30. The van der Waals surface area contributed by atoms with Crippen molar-refractivity contribution in [2.24, 2.45) is 5.73 Å². The SMILES string of the molecule is CCOc1ccc(-c2nc(C)c(C(=O)N3CCC(N)CC3C)s2)cc1. The van der Waals surface area contributed by atoms with Crippen LogP contribution in [-0.2, 0) is 0 Å². The van der Waals surface area contributed by atoms with Gasteiger partial charge in [-0.3, -0.25) is 4.79 Å². The number of nitrogens with two attached hydrogens (primary N) is 1. The lowest BCUT2D eigenvalue weighted by Gasteiger charge is -2.36. The normalized spacial score (nSPS) is 20.6. The van der Waals surface area contributed by atoms with E-state index in [1.54, 1.807) is 0 Å². The van der Waals surface area contributed by atoms with Crippen LogP contribution in [-0.4, -0.2) is 41.0 Å². The number of carbonyl (C=O) groups is 1. The lowest BCUT2D eigenvalue weighted by atomic mass is 9.99. The topological polar surface area (TPSA) is 68.5 Å². The van der Waals surface area contributed by atoms with E-state index in [0.29, 0.717) is 6.61 Å². The molecule has 3 rings (SSSR count). The summed E-state index contributed by atoms with van der Waals surface area (Å²) in [4.78, 5) is 20.2. The van der Waals surface area contributed by atoms with E-state index in [4.69, 9.17) is 10.5 Å². The number of rotatable bonds is 4. The van der Waals surface area contributed by atoms with Crippen LogP contribution in [0.25, 0.3) is 10.6 Å². The lowest BCUT2D eigenvalue weighted by Crippen LogP contribution is -2.48. The van der Waals surface area contributed by atoms with Crippen LogP contribution < -0.4 is 10.5 Å². The van der Waals surface area contributed by atoms with Gasteiger partial charge in [0.05, 0.1) is 12.3 Å². The molecule has 1 fully saturated rings. The standard InChI is InChI=1S/C19H25N3O2S/c1-4-24-16-7-5-14(6-8-16)18-21-13(3)17(25-18)19(23)22-10-9-15(20)11-12(22)2/h5-8,12,15H,4,9-11,20H2,1-3H3. The fourth-order valence-electron chi connectivity index (χ4n) is 3.22. The van der Waals surface area contributed by atoms with Crippen molar-refractivity contribution in [2.45, 2.75) is 45.7 Å². The maximum absolute atomic E-state index is 13.0. The molecule has 2 heterocycles. The smallest absolute Gasteiger partial charge is 0.266 e. The van der Waals surface area contributed by atoms with Gasteiger partial charge in [-0.25, -0.2) is 4.98 Å². The second kappa shape index (κ2) is 7.54. The van der Waals surface area contributed by atoms with Gasteiger partial charge in [0.2, 0.25) is 0 Å². The first-order valence-electron chi connectivity index (χ1n) is 8.76. The first-order valence-corrected chi connectivity index (χ1v) is 9.58. The largest absolute Gasteiger partial charge is 0.494 e. The molecular weight excluding hydrogens is 334 g/mol. The van der Waals surface area contributed by atoms with Crippen molar-refractivity contribution in [3.8, 4) is 16.3 Å². The molecule has 1 saturated heterocycles. The van der Waals surface area contributed by atoms with Crippen LogP contribution in [0.5, 0.6) is 5.75 Å². The van der Waals surface area contributed by atoms with Crippen molar-refractivity contribution in [3.05, 3.63) is 34.8 Å².